The third kappa shape index (κ3) is 3.97. The molecule has 0 bridgehead atoms. The third-order valence-corrected chi connectivity index (χ3v) is 1.46. The highest BCUT2D eigenvalue weighted by molar-refractivity contribution is 5.48. The number of ether oxygens (including phenoxy) is 2. The van der Waals surface area contributed by atoms with Crippen LogP contribution in [0.1, 0.15) is 26.5 Å². The molecular formula is C11H16N2O2. The highest BCUT2D eigenvalue weighted by Crippen LogP contribution is 2.19. The second-order valence-electron chi connectivity index (χ2n) is 4.00. The zero-order valence-corrected chi connectivity index (χ0v) is 9.52. The minimum atomic E-state index is -0.286. The fourth-order valence-electron chi connectivity index (χ4n) is 0.951. The summed E-state index contributed by atoms with van der Waals surface area (Å²) in [6.07, 6.45) is 6.48. The van der Waals surface area contributed by atoms with Crippen molar-refractivity contribution in [2.45, 2.75) is 26.4 Å². The summed E-state index contributed by atoms with van der Waals surface area (Å²) in [6, 6.07) is 0. The van der Waals surface area contributed by atoms with Crippen molar-refractivity contribution in [1.29, 1.82) is 0 Å². The third-order valence-electron chi connectivity index (χ3n) is 1.46. The van der Waals surface area contributed by atoms with Crippen LogP contribution < -0.4 is 4.74 Å². The van der Waals surface area contributed by atoms with Crippen molar-refractivity contribution in [3.05, 3.63) is 24.3 Å². The molecule has 0 saturated carbocycles. The summed E-state index contributed by atoms with van der Waals surface area (Å²) in [5.41, 5.74) is 0.375. The van der Waals surface area contributed by atoms with Gasteiger partial charge >= 0.3 is 0 Å². The number of nitrogens with zero attached hydrogens (tertiary/aromatic N) is 2. The number of hydrogen-bond donors (Lipinski definition) is 0. The van der Waals surface area contributed by atoms with E-state index >= 15 is 0 Å². The minimum Gasteiger partial charge on any atom is -0.504 e. The predicted octanol–water partition coefficient (Wildman–Crippen LogP) is 2.27. The molecule has 0 fully saturated rings. The van der Waals surface area contributed by atoms with E-state index in [1.807, 2.05) is 20.8 Å². The van der Waals surface area contributed by atoms with Crippen LogP contribution in [-0.4, -0.2) is 22.7 Å². The highest BCUT2D eigenvalue weighted by Gasteiger charge is 2.15. The number of rotatable bonds is 3. The van der Waals surface area contributed by atoms with Crippen LogP contribution >= 0.6 is 0 Å². The van der Waals surface area contributed by atoms with Gasteiger partial charge in [0.15, 0.2) is 0 Å². The monoisotopic (exact) mass is 208 g/mol. The van der Waals surface area contributed by atoms with Gasteiger partial charge < -0.3 is 9.47 Å². The largest absolute Gasteiger partial charge is 0.504 e. The minimum absolute atomic E-state index is 0.286. The Morgan fingerprint density at radius 2 is 1.87 bits per heavy atom. The van der Waals surface area contributed by atoms with E-state index in [9.17, 15) is 0 Å². The summed E-state index contributed by atoms with van der Waals surface area (Å²) in [5, 5.41) is 0. The van der Waals surface area contributed by atoms with Crippen LogP contribution in [0, 0.1) is 0 Å². The predicted molar refractivity (Wildman–Crippen MR) is 58.5 cm³/mol. The molecule has 0 unspecified atom stereocenters. The molecule has 15 heavy (non-hydrogen) atoms. The van der Waals surface area contributed by atoms with Crippen molar-refractivity contribution in [3.8, 4) is 5.88 Å². The van der Waals surface area contributed by atoms with Gasteiger partial charge in [-0.2, -0.15) is 0 Å². The average molecular weight is 208 g/mol. The van der Waals surface area contributed by atoms with E-state index in [1.165, 1.54) is 0 Å². The van der Waals surface area contributed by atoms with Crippen LogP contribution in [0.3, 0.4) is 0 Å². The molecule has 0 atom stereocenters. The van der Waals surface area contributed by atoms with Gasteiger partial charge in [0, 0.05) is 18.5 Å². The standard InChI is InChI=1S/C11H16N2O2/c1-11(2,3)15-10-9(5-8-14-4)12-6-7-13-10/h5-8H,1-4H3/b8-5-. The van der Waals surface area contributed by atoms with E-state index in [-0.39, 0.29) is 5.60 Å². The van der Waals surface area contributed by atoms with Crippen molar-refractivity contribution in [1.82, 2.24) is 9.97 Å². The first-order chi connectivity index (χ1) is 7.03. The normalized spacial score (nSPS) is 11.7. The molecule has 82 valence electrons. The van der Waals surface area contributed by atoms with E-state index < -0.39 is 0 Å². The Labute approximate surface area is 90.0 Å². The Morgan fingerprint density at radius 1 is 1.20 bits per heavy atom. The molecule has 0 aliphatic carbocycles. The summed E-state index contributed by atoms with van der Waals surface area (Å²) in [7, 11) is 1.58. The van der Waals surface area contributed by atoms with Crippen molar-refractivity contribution >= 4 is 6.08 Å². The lowest BCUT2D eigenvalue weighted by atomic mass is 10.2. The van der Waals surface area contributed by atoms with E-state index in [4.69, 9.17) is 9.47 Å². The fourth-order valence-corrected chi connectivity index (χ4v) is 0.951. The number of aromatic nitrogens is 2. The van der Waals surface area contributed by atoms with E-state index in [2.05, 4.69) is 9.97 Å². The van der Waals surface area contributed by atoms with Gasteiger partial charge in [-0.05, 0) is 20.8 Å². The van der Waals surface area contributed by atoms with Crippen LogP contribution in [0.5, 0.6) is 5.88 Å². The SMILES string of the molecule is CO/C=C\c1nccnc1OC(C)(C)C. The van der Waals surface area contributed by atoms with Gasteiger partial charge in [-0.1, -0.05) is 0 Å². The topological polar surface area (TPSA) is 44.2 Å². The lowest BCUT2D eigenvalue weighted by Crippen LogP contribution is -2.24. The van der Waals surface area contributed by atoms with E-state index in [0.29, 0.717) is 11.6 Å². The van der Waals surface area contributed by atoms with Gasteiger partial charge in [-0.3, -0.25) is 0 Å². The van der Waals surface area contributed by atoms with Crippen LogP contribution in [0.4, 0.5) is 0 Å². The van der Waals surface area contributed by atoms with Gasteiger partial charge in [-0.15, -0.1) is 0 Å². The lowest BCUT2D eigenvalue weighted by Gasteiger charge is -2.20. The summed E-state index contributed by atoms with van der Waals surface area (Å²) in [5.74, 6) is 0.512. The Balaban J connectivity index is 2.91. The van der Waals surface area contributed by atoms with Gasteiger partial charge in [0.25, 0.3) is 0 Å². The molecule has 0 aromatic carbocycles. The highest BCUT2D eigenvalue weighted by atomic mass is 16.5. The molecule has 0 spiro atoms. The molecule has 4 heteroatoms. The van der Waals surface area contributed by atoms with Crippen LogP contribution in [0.2, 0.25) is 0 Å². The van der Waals surface area contributed by atoms with Crippen molar-refractivity contribution in [2.24, 2.45) is 0 Å². The molecule has 1 rings (SSSR count). The molecular weight excluding hydrogens is 192 g/mol. The van der Waals surface area contributed by atoms with E-state index in [1.54, 1.807) is 31.8 Å². The molecule has 0 N–H and O–H groups in total. The molecule has 0 amide bonds. The van der Waals surface area contributed by atoms with Crippen molar-refractivity contribution in [2.75, 3.05) is 7.11 Å². The molecule has 0 aliphatic heterocycles. The first kappa shape index (κ1) is 11.5. The van der Waals surface area contributed by atoms with E-state index in [0.717, 1.165) is 0 Å². The van der Waals surface area contributed by atoms with Gasteiger partial charge in [-0.25, -0.2) is 9.97 Å². The second-order valence-corrected chi connectivity index (χ2v) is 4.00. The summed E-state index contributed by atoms with van der Waals surface area (Å²) in [4.78, 5) is 8.27. The zero-order chi connectivity index (χ0) is 11.3. The smallest absolute Gasteiger partial charge is 0.240 e. The lowest BCUT2D eigenvalue weighted by molar-refractivity contribution is 0.123. The average Bonchev–Trinajstić information content (AvgIpc) is 2.14. The zero-order valence-electron chi connectivity index (χ0n) is 9.52. The number of methoxy groups -OCH3 is 1. The van der Waals surface area contributed by atoms with Crippen molar-refractivity contribution in [3.63, 3.8) is 0 Å². The second kappa shape index (κ2) is 4.77. The Bertz CT molecular complexity index is 343. The number of hydrogen-bond acceptors (Lipinski definition) is 4. The molecule has 1 aromatic rings. The summed E-state index contributed by atoms with van der Waals surface area (Å²) >= 11 is 0. The summed E-state index contributed by atoms with van der Waals surface area (Å²) < 4.78 is 10.5. The molecule has 1 aromatic heterocycles. The molecule has 0 aliphatic rings. The molecule has 0 radical (unpaired) electrons. The Kier molecular flexibility index (Phi) is 3.66. The maximum Gasteiger partial charge on any atom is 0.240 e. The molecule has 4 nitrogen and oxygen atoms in total. The Hall–Kier alpha value is -1.58. The van der Waals surface area contributed by atoms with Crippen LogP contribution in [0.25, 0.3) is 6.08 Å². The van der Waals surface area contributed by atoms with Gasteiger partial charge in [0.05, 0.1) is 13.4 Å². The van der Waals surface area contributed by atoms with Crippen LogP contribution in [-0.2, 0) is 4.74 Å². The Morgan fingerprint density at radius 3 is 2.47 bits per heavy atom. The maximum atomic E-state index is 5.65. The fraction of sp³-hybridized carbons (Fsp3) is 0.455. The first-order valence-corrected chi connectivity index (χ1v) is 4.72. The summed E-state index contributed by atoms with van der Waals surface area (Å²) in [6.45, 7) is 5.89. The first-order valence-electron chi connectivity index (χ1n) is 4.72. The quantitative estimate of drug-likeness (QED) is 0.715. The molecule has 0 saturated heterocycles. The molecule has 1 heterocycles. The van der Waals surface area contributed by atoms with Gasteiger partial charge in [0.1, 0.15) is 11.3 Å². The van der Waals surface area contributed by atoms with Crippen molar-refractivity contribution < 1.29 is 9.47 Å². The van der Waals surface area contributed by atoms with Crippen LogP contribution in [0.15, 0.2) is 18.7 Å². The van der Waals surface area contributed by atoms with Gasteiger partial charge in [0.2, 0.25) is 5.88 Å². The maximum absolute atomic E-state index is 5.65.